The summed E-state index contributed by atoms with van der Waals surface area (Å²) in [7, 11) is 0. The van der Waals surface area contributed by atoms with Crippen LogP contribution in [0.2, 0.25) is 5.02 Å². The van der Waals surface area contributed by atoms with Crippen molar-refractivity contribution >= 4 is 29.2 Å². The summed E-state index contributed by atoms with van der Waals surface area (Å²) in [5.41, 5.74) is 8.68. The molecule has 0 unspecified atom stereocenters. The zero-order chi connectivity index (χ0) is 13.8. The number of rotatable bonds is 4. The summed E-state index contributed by atoms with van der Waals surface area (Å²) in [5, 5.41) is 8.02. The molecule has 0 spiro atoms. The summed E-state index contributed by atoms with van der Waals surface area (Å²) >= 11 is 7.90. The maximum Gasteiger partial charge on any atom is 0.122 e. The van der Waals surface area contributed by atoms with Crippen LogP contribution in [0.4, 0.5) is 0 Å². The van der Waals surface area contributed by atoms with E-state index in [4.69, 9.17) is 22.7 Å². The van der Waals surface area contributed by atoms with Gasteiger partial charge in [-0.3, -0.25) is 5.41 Å². The summed E-state index contributed by atoms with van der Waals surface area (Å²) < 4.78 is 0. The van der Waals surface area contributed by atoms with Crippen molar-refractivity contribution in [3.63, 3.8) is 0 Å². The van der Waals surface area contributed by atoms with Crippen molar-refractivity contribution in [3.05, 3.63) is 64.2 Å². The van der Waals surface area contributed by atoms with E-state index in [2.05, 4.69) is 19.1 Å². The highest BCUT2D eigenvalue weighted by molar-refractivity contribution is 7.98. The molecule has 98 valence electrons. The van der Waals surface area contributed by atoms with E-state index < -0.39 is 0 Å². The Morgan fingerprint density at radius 2 is 2.00 bits per heavy atom. The third-order valence-corrected chi connectivity index (χ3v) is 4.43. The van der Waals surface area contributed by atoms with Gasteiger partial charge in [-0.05, 0) is 30.2 Å². The summed E-state index contributed by atoms with van der Waals surface area (Å²) in [6.07, 6.45) is 0. The molecule has 2 nitrogen and oxygen atoms in total. The number of nitrogens with one attached hydrogen (secondary N) is 1. The Bertz CT molecular complexity index is 611. The fourth-order valence-electron chi connectivity index (χ4n) is 1.71. The lowest BCUT2D eigenvalue weighted by Gasteiger charge is -2.08. The van der Waals surface area contributed by atoms with E-state index in [1.807, 2.05) is 24.3 Å². The molecule has 4 heteroatoms. The Morgan fingerprint density at radius 3 is 2.63 bits per heavy atom. The van der Waals surface area contributed by atoms with Gasteiger partial charge in [0.2, 0.25) is 0 Å². The van der Waals surface area contributed by atoms with Gasteiger partial charge < -0.3 is 5.73 Å². The van der Waals surface area contributed by atoms with Crippen LogP contribution in [0, 0.1) is 12.3 Å². The molecule has 0 aliphatic heterocycles. The van der Waals surface area contributed by atoms with Gasteiger partial charge in [0.05, 0.1) is 5.02 Å². The number of aryl methyl sites for hydroxylation is 1. The molecule has 0 fully saturated rings. The predicted octanol–water partition coefficient (Wildman–Crippen LogP) is 4.22. The molecule has 0 bridgehead atoms. The normalized spacial score (nSPS) is 10.4. The van der Waals surface area contributed by atoms with Gasteiger partial charge in [-0.15, -0.1) is 11.8 Å². The Morgan fingerprint density at radius 1 is 1.26 bits per heavy atom. The molecule has 0 saturated heterocycles. The van der Waals surface area contributed by atoms with Crippen LogP contribution in [0.5, 0.6) is 0 Å². The molecule has 3 N–H and O–H groups in total. The van der Waals surface area contributed by atoms with Crippen molar-refractivity contribution in [3.8, 4) is 0 Å². The van der Waals surface area contributed by atoms with Crippen LogP contribution >= 0.6 is 23.4 Å². The third-order valence-electron chi connectivity index (χ3n) is 2.89. The van der Waals surface area contributed by atoms with Gasteiger partial charge in [0, 0.05) is 16.2 Å². The summed E-state index contributed by atoms with van der Waals surface area (Å²) in [5.74, 6) is 0.920. The molecule has 2 aromatic rings. The third kappa shape index (κ3) is 3.52. The van der Waals surface area contributed by atoms with Crippen LogP contribution in [0.1, 0.15) is 16.7 Å². The second-order valence-electron chi connectivity index (χ2n) is 4.27. The van der Waals surface area contributed by atoms with Gasteiger partial charge in [-0.2, -0.15) is 0 Å². The maximum absolute atomic E-state index is 7.38. The Balaban J connectivity index is 2.12. The Kier molecular flexibility index (Phi) is 4.51. The van der Waals surface area contributed by atoms with Crippen molar-refractivity contribution in [2.75, 3.05) is 0 Å². The minimum absolute atomic E-state index is 0.0392. The molecular formula is C15H15ClN2S. The first-order chi connectivity index (χ1) is 9.08. The largest absolute Gasteiger partial charge is 0.384 e. The highest BCUT2D eigenvalue weighted by Gasteiger charge is 2.05. The number of thioether (sulfide) groups is 1. The van der Waals surface area contributed by atoms with E-state index >= 15 is 0 Å². The van der Waals surface area contributed by atoms with Gasteiger partial charge in [0.1, 0.15) is 5.84 Å². The van der Waals surface area contributed by atoms with Gasteiger partial charge in [0.25, 0.3) is 0 Å². The van der Waals surface area contributed by atoms with Crippen molar-refractivity contribution in [2.45, 2.75) is 17.6 Å². The Hall–Kier alpha value is -1.45. The van der Waals surface area contributed by atoms with Crippen LogP contribution in [0.3, 0.4) is 0 Å². The highest BCUT2D eigenvalue weighted by Crippen LogP contribution is 2.31. The molecular weight excluding hydrogens is 276 g/mol. The van der Waals surface area contributed by atoms with Crippen molar-refractivity contribution in [1.82, 2.24) is 0 Å². The lowest BCUT2D eigenvalue weighted by molar-refractivity contribution is 1.30. The molecule has 2 rings (SSSR count). The number of benzene rings is 2. The van der Waals surface area contributed by atoms with Crippen molar-refractivity contribution in [2.24, 2.45) is 5.73 Å². The summed E-state index contributed by atoms with van der Waals surface area (Å²) in [4.78, 5) is 1.01. The maximum atomic E-state index is 7.38. The number of halogens is 1. The molecule has 0 aliphatic rings. The Labute approximate surface area is 122 Å². The lowest BCUT2D eigenvalue weighted by Crippen LogP contribution is -2.10. The molecule has 0 aromatic heterocycles. The monoisotopic (exact) mass is 290 g/mol. The first kappa shape index (κ1) is 14.0. The number of hydrogen-bond acceptors (Lipinski definition) is 2. The smallest absolute Gasteiger partial charge is 0.122 e. The van der Waals surface area contributed by atoms with Crippen LogP contribution in [-0.2, 0) is 5.75 Å². The minimum Gasteiger partial charge on any atom is -0.384 e. The first-order valence-electron chi connectivity index (χ1n) is 5.89. The van der Waals surface area contributed by atoms with E-state index in [-0.39, 0.29) is 5.84 Å². The number of nitrogens with two attached hydrogens (primary N) is 1. The summed E-state index contributed by atoms with van der Waals surface area (Å²) in [6, 6.07) is 13.8. The standard InChI is InChI=1S/C15H15ClN2S/c1-10-4-2-3-5-12(10)9-19-14-7-6-11(15(17)18)8-13(14)16/h2-8H,9H2,1H3,(H3,17,18). The second-order valence-corrected chi connectivity index (χ2v) is 5.70. The van der Waals surface area contributed by atoms with Crippen LogP contribution in [0.15, 0.2) is 47.4 Å². The fraction of sp³-hybridized carbons (Fsp3) is 0.133. The van der Waals surface area contributed by atoms with Crippen LogP contribution < -0.4 is 5.73 Å². The first-order valence-corrected chi connectivity index (χ1v) is 7.25. The molecule has 2 aromatic carbocycles. The zero-order valence-corrected chi connectivity index (χ0v) is 12.2. The van der Waals surface area contributed by atoms with E-state index in [1.54, 1.807) is 17.8 Å². The summed E-state index contributed by atoms with van der Waals surface area (Å²) in [6.45, 7) is 2.11. The molecule has 0 saturated carbocycles. The van der Waals surface area contributed by atoms with E-state index in [0.29, 0.717) is 10.6 Å². The predicted molar refractivity (Wildman–Crippen MR) is 83.2 cm³/mol. The number of nitrogen functional groups attached to an aromatic ring is 1. The minimum atomic E-state index is 0.0392. The molecule has 0 atom stereocenters. The topological polar surface area (TPSA) is 49.9 Å². The average molecular weight is 291 g/mol. The van der Waals surface area contributed by atoms with Gasteiger partial charge in [-0.25, -0.2) is 0 Å². The van der Waals surface area contributed by atoms with Gasteiger partial charge in [0.15, 0.2) is 0 Å². The molecule has 0 aliphatic carbocycles. The second kappa shape index (κ2) is 6.13. The van der Waals surface area contributed by atoms with Gasteiger partial charge >= 0.3 is 0 Å². The van der Waals surface area contributed by atoms with Crippen molar-refractivity contribution in [1.29, 1.82) is 5.41 Å². The van der Waals surface area contributed by atoms with E-state index in [0.717, 1.165) is 10.6 Å². The van der Waals surface area contributed by atoms with Crippen molar-refractivity contribution < 1.29 is 0 Å². The highest BCUT2D eigenvalue weighted by atomic mass is 35.5. The average Bonchev–Trinajstić information content (AvgIpc) is 2.39. The van der Waals surface area contributed by atoms with E-state index in [9.17, 15) is 0 Å². The SMILES string of the molecule is Cc1ccccc1CSc1ccc(C(=N)N)cc1Cl. The number of hydrogen-bond donors (Lipinski definition) is 2. The van der Waals surface area contributed by atoms with E-state index in [1.165, 1.54) is 11.1 Å². The molecule has 19 heavy (non-hydrogen) atoms. The van der Waals surface area contributed by atoms with Crippen LogP contribution in [-0.4, -0.2) is 5.84 Å². The molecule has 0 amide bonds. The fourth-order valence-corrected chi connectivity index (χ4v) is 3.05. The van der Waals surface area contributed by atoms with Gasteiger partial charge in [-0.1, -0.05) is 41.9 Å². The van der Waals surface area contributed by atoms with Crippen LogP contribution in [0.25, 0.3) is 0 Å². The number of amidine groups is 1. The quantitative estimate of drug-likeness (QED) is 0.503. The lowest BCUT2D eigenvalue weighted by atomic mass is 10.1. The molecule has 0 radical (unpaired) electrons. The zero-order valence-electron chi connectivity index (χ0n) is 10.6. The molecule has 0 heterocycles.